The number of nitrogens with two attached hydrogens (primary N) is 1. The van der Waals surface area contributed by atoms with E-state index in [-0.39, 0.29) is 5.54 Å². The molecule has 20 heavy (non-hydrogen) atoms. The van der Waals surface area contributed by atoms with Crippen LogP contribution in [0.3, 0.4) is 0 Å². The summed E-state index contributed by atoms with van der Waals surface area (Å²) >= 11 is 0. The quantitative estimate of drug-likeness (QED) is 0.850. The zero-order valence-electron chi connectivity index (χ0n) is 13.2. The molecule has 116 valence electrons. The van der Waals surface area contributed by atoms with Gasteiger partial charge in [-0.25, -0.2) is 0 Å². The summed E-state index contributed by atoms with van der Waals surface area (Å²) in [4.78, 5) is 5.35. The lowest BCUT2D eigenvalue weighted by molar-refractivity contribution is -0.112. The molecule has 2 heterocycles. The second-order valence-electron chi connectivity index (χ2n) is 7.16. The highest BCUT2D eigenvalue weighted by Gasteiger charge is 2.47. The lowest BCUT2D eigenvalue weighted by atomic mass is 9.83. The lowest BCUT2D eigenvalue weighted by Gasteiger charge is -2.54. The summed E-state index contributed by atoms with van der Waals surface area (Å²) in [6, 6.07) is 1.30. The van der Waals surface area contributed by atoms with Gasteiger partial charge in [-0.3, -0.25) is 4.90 Å². The Morgan fingerprint density at radius 2 is 1.95 bits per heavy atom. The van der Waals surface area contributed by atoms with Crippen LogP contribution in [0.1, 0.15) is 46.0 Å². The smallest absolute Gasteiger partial charge is 0.0731 e. The van der Waals surface area contributed by atoms with Crippen LogP contribution in [-0.4, -0.2) is 66.3 Å². The van der Waals surface area contributed by atoms with E-state index in [0.717, 1.165) is 19.7 Å². The Labute approximate surface area is 123 Å². The Bertz CT molecular complexity index is 326. The van der Waals surface area contributed by atoms with Gasteiger partial charge in [-0.1, -0.05) is 0 Å². The van der Waals surface area contributed by atoms with Crippen molar-refractivity contribution in [3.63, 3.8) is 0 Å². The third-order valence-electron chi connectivity index (χ3n) is 5.93. The van der Waals surface area contributed by atoms with Gasteiger partial charge in [0, 0.05) is 43.8 Å². The highest BCUT2D eigenvalue weighted by Crippen LogP contribution is 2.38. The van der Waals surface area contributed by atoms with Gasteiger partial charge < -0.3 is 15.4 Å². The normalized spacial score (nSPS) is 35.4. The second kappa shape index (κ2) is 5.91. The zero-order valence-corrected chi connectivity index (χ0v) is 13.2. The van der Waals surface area contributed by atoms with Crippen LogP contribution in [0, 0.1) is 0 Å². The number of likely N-dealkylation sites (tertiary alicyclic amines) is 1. The van der Waals surface area contributed by atoms with E-state index in [1.807, 2.05) is 0 Å². The average molecular weight is 281 g/mol. The first kappa shape index (κ1) is 14.8. The van der Waals surface area contributed by atoms with E-state index >= 15 is 0 Å². The Morgan fingerprint density at radius 3 is 2.60 bits per heavy atom. The van der Waals surface area contributed by atoms with Crippen molar-refractivity contribution < 1.29 is 4.74 Å². The number of piperidine rings is 1. The van der Waals surface area contributed by atoms with Crippen molar-refractivity contribution in [3.8, 4) is 0 Å². The van der Waals surface area contributed by atoms with Crippen LogP contribution in [0.15, 0.2) is 0 Å². The maximum Gasteiger partial charge on any atom is 0.0731 e. The molecule has 0 spiro atoms. The van der Waals surface area contributed by atoms with Gasteiger partial charge in [-0.15, -0.1) is 0 Å². The van der Waals surface area contributed by atoms with E-state index in [4.69, 9.17) is 10.5 Å². The van der Waals surface area contributed by atoms with E-state index in [2.05, 4.69) is 23.6 Å². The summed E-state index contributed by atoms with van der Waals surface area (Å²) in [7, 11) is 0. The van der Waals surface area contributed by atoms with E-state index < -0.39 is 0 Å². The molecular weight excluding hydrogens is 250 g/mol. The summed E-state index contributed by atoms with van der Waals surface area (Å²) in [5.74, 6) is 0. The fraction of sp³-hybridized carbons (Fsp3) is 1.00. The Kier molecular flexibility index (Phi) is 4.37. The Hall–Kier alpha value is -0.160. The monoisotopic (exact) mass is 281 g/mol. The highest BCUT2D eigenvalue weighted by molar-refractivity contribution is 5.03. The SMILES string of the molecule is CC(C)N1CCC(CN)(N2CCOC3CCCC32)CC1. The molecule has 0 aromatic rings. The minimum Gasteiger partial charge on any atom is -0.375 e. The average Bonchev–Trinajstić information content (AvgIpc) is 2.95. The van der Waals surface area contributed by atoms with E-state index in [1.165, 1.54) is 45.2 Å². The van der Waals surface area contributed by atoms with Crippen LogP contribution in [0.4, 0.5) is 0 Å². The van der Waals surface area contributed by atoms with Gasteiger partial charge >= 0.3 is 0 Å². The Balaban J connectivity index is 1.72. The molecule has 2 atom stereocenters. The summed E-state index contributed by atoms with van der Waals surface area (Å²) < 4.78 is 5.98. The predicted molar refractivity (Wildman–Crippen MR) is 81.8 cm³/mol. The highest BCUT2D eigenvalue weighted by atomic mass is 16.5. The summed E-state index contributed by atoms with van der Waals surface area (Å²) in [6.45, 7) is 9.79. The molecule has 0 amide bonds. The van der Waals surface area contributed by atoms with Crippen LogP contribution in [0.5, 0.6) is 0 Å². The van der Waals surface area contributed by atoms with Crippen molar-refractivity contribution in [1.82, 2.24) is 9.80 Å². The molecule has 0 radical (unpaired) electrons. The van der Waals surface area contributed by atoms with Crippen molar-refractivity contribution in [2.75, 3.05) is 32.8 Å². The molecule has 2 N–H and O–H groups in total. The molecular formula is C16H31N3O. The number of hydrogen-bond acceptors (Lipinski definition) is 4. The lowest BCUT2D eigenvalue weighted by Crippen LogP contribution is -2.66. The predicted octanol–water partition coefficient (Wildman–Crippen LogP) is 1.44. The first-order valence-corrected chi connectivity index (χ1v) is 8.49. The molecule has 2 unspecified atom stereocenters. The first-order valence-electron chi connectivity index (χ1n) is 8.49. The van der Waals surface area contributed by atoms with Crippen molar-refractivity contribution in [2.24, 2.45) is 5.73 Å². The summed E-state index contributed by atoms with van der Waals surface area (Å²) in [6.07, 6.45) is 6.82. The minimum absolute atomic E-state index is 0.239. The third kappa shape index (κ3) is 2.52. The third-order valence-corrected chi connectivity index (χ3v) is 5.93. The van der Waals surface area contributed by atoms with Crippen molar-refractivity contribution in [1.29, 1.82) is 0 Å². The molecule has 1 aliphatic carbocycles. The van der Waals surface area contributed by atoms with Crippen molar-refractivity contribution in [3.05, 3.63) is 0 Å². The molecule has 4 nitrogen and oxygen atoms in total. The van der Waals surface area contributed by atoms with Crippen LogP contribution in [0.2, 0.25) is 0 Å². The molecule has 0 bridgehead atoms. The van der Waals surface area contributed by atoms with Gasteiger partial charge in [0.1, 0.15) is 0 Å². The van der Waals surface area contributed by atoms with E-state index in [9.17, 15) is 0 Å². The Morgan fingerprint density at radius 1 is 1.20 bits per heavy atom. The molecule has 1 saturated carbocycles. The minimum atomic E-state index is 0.239. The van der Waals surface area contributed by atoms with Crippen LogP contribution < -0.4 is 5.73 Å². The molecule has 4 heteroatoms. The van der Waals surface area contributed by atoms with Gasteiger partial charge in [-0.05, 0) is 46.0 Å². The van der Waals surface area contributed by atoms with Gasteiger partial charge in [0.2, 0.25) is 0 Å². The van der Waals surface area contributed by atoms with Crippen LogP contribution in [0.25, 0.3) is 0 Å². The zero-order chi connectivity index (χ0) is 14.2. The molecule has 3 fully saturated rings. The summed E-state index contributed by atoms with van der Waals surface area (Å²) in [5.41, 5.74) is 6.51. The fourth-order valence-electron chi connectivity index (χ4n) is 4.58. The number of ether oxygens (including phenoxy) is 1. The van der Waals surface area contributed by atoms with E-state index in [1.54, 1.807) is 0 Å². The number of nitrogens with zero attached hydrogens (tertiary/aromatic N) is 2. The molecule has 2 aliphatic heterocycles. The number of hydrogen-bond donors (Lipinski definition) is 1. The first-order chi connectivity index (χ1) is 9.66. The standard InChI is InChI=1S/C16H31N3O/c1-13(2)18-8-6-16(12-17,7-9-18)19-10-11-20-15-5-3-4-14(15)19/h13-15H,3-12,17H2,1-2H3. The number of fused-ring (bicyclic) bond motifs is 1. The molecule has 3 aliphatic rings. The van der Waals surface area contributed by atoms with Crippen molar-refractivity contribution in [2.45, 2.75) is 69.7 Å². The number of morpholine rings is 1. The maximum atomic E-state index is 6.27. The largest absolute Gasteiger partial charge is 0.375 e. The van der Waals surface area contributed by atoms with Gasteiger partial charge in [0.15, 0.2) is 0 Å². The molecule has 2 saturated heterocycles. The molecule has 0 aromatic heterocycles. The van der Waals surface area contributed by atoms with Gasteiger partial charge in [0.05, 0.1) is 12.7 Å². The van der Waals surface area contributed by atoms with Crippen LogP contribution in [-0.2, 0) is 4.74 Å². The number of rotatable bonds is 3. The molecule has 0 aromatic carbocycles. The van der Waals surface area contributed by atoms with Crippen molar-refractivity contribution >= 4 is 0 Å². The van der Waals surface area contributed by atoms with Gasteiger partial charge in [0.25, 0.3) is 0 Å². The molecule has 3 rings (SSSR count). The second-order valence-corrected chi connectivity index (χ2v) is 7.16. The topological polar surface area (TPSA) is 41.7 Å². The maximum absolute atomic E-state index is 6.27. The van der Waals surface area contributed by atoms with E-state index in [0.29, 0.717) is 18.2 Å². The van der Waals surface area contributed by atoms with Gasteiger partial charge in [-0.2, -0.15) is 0 Å². The van der Waals surface area contributed by atoms with Crippen LogP contribution >= 0.6 is 0 Å². The fourth-order valence-corrected chi connectivity index (χ4v) is 4.58. The summed E-state index contributed by atoms with van der Waals surface area (Å²) in [5, 5.41) is 0.